The molecule has 0 fully saturated rings. The van der Waals surface area contributed by atoms with E-state index in [1.807, 2.05) is 50.2 Å². The van der Waals surface area contributed by atoms with Gasteiger partial charge in [0.1, 0.15) is 17.6 Å². The summed E-state index contributed by atoms with van der Waals surface area (Å²) < 4.78 is 5.91. The highest BCUT2D eigenvalue weighted by Gasteiger charge is 2.05. The lowest BCUT2D eigenvalue weighted by molar-refractivity contribution is 0.475. The van der Waals surface area contributed by atoms with Gasteiger partial charge in [0.05, 0.1) is 5.69 Å². The van der Waals surface area contributed by atoms with Crippen LogP contribution in [0.2, 0.25) is 0 Å². The van der Waals surface area contributed by atoms with Crippen molar-refractivity contribution in [1.29, 1.82) is 10.7 Å². The molecule has 0 bridgehead atoms. The van der Waals surface area contributed by atoms with Crippen LogP contribution in [0.4, 0.5) is 5.69 Å². The van der Waals surface area contributed by atoms with E-state index in [2.05, 4.69) is 10.5 Å². The summed E-state index contributed by atoms with van der Waals surface area (Å²) >= 11 is 0. The molecule has 6 heteroatoms. The molecule has 0 aromatic heterocycles. The number of benzene rings is 2. The summed E-state index contributed by atoms with van der Waals surface area (Å²) in [5.41, 5.74) is 10.4. The standard InChI is InChI=1S/C17H17N5O/c1-11-5-3-4-6-15(11)23-16-8-7-13(9-12(16)2)21-22-14(10-18)17(19)20/h3-9,21H,1-2H3,(H3,19,20)/b22-14+. The van der Waals surface area contributed by atoms with Crippen LogP contribution >= 0.6 is 0 Å². The van der Waals surface area contributed by atoms with Crippen LogP contribution < -0.4 is 15.9 Å². The number of ether oxygens (including phenoxy) is 1. The van der Waals surface area contributed by atoms with Crippen molar-refractivity contribution in [1.82, 2.24) is 0 Å². The summed E-state index contributed by atoms with van der Waals surface area (Å²) in [5.74, 6) is 1.16. The zero-order valence-corrected chi connectivity index (χ0v) is 12.9. The molecular weight excluding hydrogens is 290 g/mol. The van der Waals surface area contributed by atoms with Crippen LogP contribution in [-0.4, -0.2) is 11.5 Å². The average molecular weight is 307 g/mol. The minimum Gasteiger partial charge on any atom is -0.457 e. The third-order valence-corrected chi connectivity index (χ3v) is 3.15. The molecule has 0 saturated heterocycles. The van der Waals surface area contributed by atoms with Gasteiger partial charge in [-0.15, -0.1) is 0 Å². The van der Waals surface area contributed by atoms with Crippen LogP contribution in [0, 0.1) is 30.6 Å². The molecule has 0 atom stereocenters. The van der Waals surface area contributed by atoms with Crippen LogP contribution in [0.3, 0.4) is 0 Å². The van der Waals surface area contributed by atoms with Gasteiger partial charge < -0.3 is 10.5 Å². The van der Waals surface area contributed by atoms with Gasteiger partial charge in [0, 0.05) is 0 Å². The van der Waals surface area contributed by atoms with E-state index in [0.717, 1.165) is 22.6 Å². The summed E-state index contributed by atoms with van der Waals surface area (Å²) in [6.07, 6.45) is 0. The van der Waals surface area contributed by atoms with Crippen molar-refractivity contribution in [3.8, 4) is 17.6 Å². The van der Waals surface area contributed by atoms with Crippen LogP contribution in [0.5, 0.6) is 11.5 Å². The molecule has 6 nitrogen and oxygen atoms in total. The first-order chi connectivity index (χ1) is 11.0. The lowest BCUT2D eigenvalue weighted by Crippen LogP contribution is -2.21. The number of amidine groups is 1. The predicted octanol–water partition coefficient (Wildman–Crippen LogP) is 3.32. The highest BCUT2D eigenvalue weighted by Crippen LogP contribution is 2.29. The molecule has 0 radical (unpaired) electrons. The van der Waals surface area contributed by atoms with Crippen LogP contribution in [0.25, 0.3) is 0 Å². The molecule has 116 valence electrons. The van der Waals surface area contributed by atoms with Crippen molar-refractivity contribution in [3.63, 3.8) is 0 Å². The zero-order valence-electron chi connectivity index (χ0n) is 12.9. The third kappa shape index (κ3) is 4.08. The number of para-hydroxylation sites is 1. The number of hydrogen-bond acceptors (Lipinski definition) is 5. The second-order valence-corrected chi connectivity index (χ2v) is 4.95. The van der Waals surface area contributed by atoms with Crippen molar-refractivity contribution in [2.45, 2.75) is 13.8 Å². The molecule has 0 saturated carbocycles. The number of nitriles is 1. The van der Waals surface area contributed by atoms with Crippen LogP contribution in [-0.2, 0) is 0 Å². The fourth-order valence-corrected chi connectivity index (χ4v) is 1.89. The summed E-state index contributed by atoms with van der Waals surface area (Å²) in [5, 5.41) is 19.8. The third-order valence-electron chi connectivity index (χ3n) is 3.15. The van der Waals surface area contributed by atoms with Gasteiger partial charge in [-0.05, 0) is 49.2 Å². The number of nitrogens with one attached hydrogen (secondary N) is 2. The number of nitrogens with two attached hydrogens (primary N) is 1. The molecule has 0 aliphatic rings. The molecular formula is C17H17N5O. The van der Waals surface area contributed by atoms with Crippen molar-refractivity contribution in [2.24, 2.45) is 10.8 Å². The first kappa shape index (κ1) is 16.0. The average Bonchev–Trinajstić information content (AvgIpc) is 2.52. The Morgan fingerprint density at radius 3 is 2.48 bits per heavy atom. The number of hydrazone groups is 1. The quantitative estimate of drug-likeness (QED) is 0.447. The maximum atomic E-state index is 8.80. The monoisotopic (exact) mass is 307 g/mol. The first-order valence-corrected chi connectivity index (χ1v) is 6.93. The van der Waals surface area contributed by atoms with E-state index in [0.29, 0.717) is 5.69 Å². The largest absolute Gasteiger partial charge is 0.457 e. The Balaban J connectivity index is 2.17. The topological polar surface area (TPSA) is 107 Å². The van der Waals surface area contributed by atoms with E-state index in [1.165, 1.54) is 0 Å². The maximum Gasteiger partial charge on any atom is 0.201 e. The van der Waals surface area contributed by atoms with Gasteiger partial charge in [0.25, 0.3) is 0 Å². The molecule has 0 aliphatic heterocycles. The molecule has 0 heterocycles. The molecule has 2 rings (SSSR count). The highest BCUT2D eigenvalue weighted by atomic mass is 16.5. The minimum atomic E-state index is -0.378. The molecule has 23 heavy (non-hydrogen) atoms. The minimum absolute atomic E-state index is 0.164. The van der Waals surface area contributed by atoms with Crippen molar-refractivity contribution < 1.29 is 4.74 Å². The zero-order chi connectivity index (χ0) is 16.8. The highest BCUT2D eigenvalue weighted by molar-refractivity contribution is 6.45. The Morgan fingerprint density at radius 1 is 1.17 bits per heavy atom. The Kier molecular flexibility index (Phi) is 4.95. The number of anilines is 1. The Labute approximate surface area is 134 Å². The van der Waals surface area contributed by atoms with Gasteiger partial charge in [-0.1, -0.05) is 18.2 Å². The molecule has 2 aromatic rings. The summed E-state index contributed by atoms with van der Waals surface area (Å²) in [7, 11) is 0. The fraction of sp³-hybridized carbons (Fsp3) is 0.118. The van der Waals surface area contributed by atoms with E-state index in [9.17, 15) is 0 Å². The van der Waals surface area contributed by atoms with Gasteiger partial charge >= 0.3 is 0 Å². The number of rotatable bonds is 5. The SMILES string of the molecule is Cc1ccccc1Oc1ccc(N/N=C(\C#N)C(=N)N)cc1C. The van der Waals surface area contributed by atoms with Crippen LogP contribution in [0.1, 0.15) is 11.1 Å². The van der Waals surface area contributed by atoms with Crippen molar-refractivity contribution >= 4 is 17.2 Å². The van der Waals surface area contributed by atoms with Crippen molar-refractivity contribution in [3.05, 3.63) is 53.6 Å². The van der Waals surface area contributed by atoms with Gasteiger partial charge in [0.15, 0.2) is 5.84 Å². The molecule has 0 unspecified atom stereocenters. The van der Waals surface area contributed by atoms with E-state index in [4.69, 9.17) is 21.1 Å². The smallest absolute Gasteiger partial charge is 0.201 e. The summed E-state index contributed by atoms with van der Waals surface area (Å²) in [6.45, 7) is 3.90. The first-order valence-electron chi connectivity index (χ1n) is 6.93. The van der Waals surface area contributed by atoms with Gasteiger partial charge in [0.2, 0.25) is 5.71 Å². The second-order valence-electron chi connectivity index (χ2n) is 4.95. The lowest BCUT2D eigenvalue weighted by Gasteiger charge is -2.12. The Morgan fingerprint density at radius 2 is 1.87 bits per heavy atom. The van der Waals surface area contributed by atoms with E-state index >= 15 is 0 Å². The molecule has 0 amide bonds. The lowest BCUT2D eigenvalue weighted by atomic mass is 10.2. The van der Waals surface area contributed by atoms with E-state index < -0.39 is 0 Å². The normalized spacial score (nSPS) is 10.7. The Hall–Kier alpha value is -3.33. The van der Waals surface area contributed by atoms with E-state index in [1.54, 1.807) is 12.1 Å². The number of nitrogens with zero attached hydrogens (tertiary/aromatic N) is 2. The van der Waals surface area contributed by atoms with Crippen LogP contribution in [0.15, 0.2) is 47.6 Å². The van der Waals surface area contributed by atoms with Gasteiger partial charge in [-0.2, -0.15) is 10.4 Å². The maximum absolute atomic E-state index is 8.80. The van der Waals surface area contributed by atoms with Gasteiger partial charge in [-0.25, -0.2) is 0 Å². The van der Waals surface area contributed by atoms with Gasteiger partial charge in [-0.3, -0.25) is 10.8 Å². The number of aryl methyl sites for hydroxylation is 2. The Bertz CT molecular complexity index is 805. The summed E-state index contributed by atoms with van der Waals surface area (Å²) in [6, 6.07) is 15.0. The molecule has 2 aromatic carbocycles. The predicted molar refractivity (Wildman–Crippen MR) is 91.0 cm³/mol. The molecule has 0 aliphatic carbocycles. The number of hydrogen-bond donors (Lipinski definition) is 3. The fourth-order valence-electron chi connectivity index (χ4n) is 1.89. The molecule has 0 spiro atoms. The summed E-state index contributed by atoms with van der Waals surface area (Å²) in [4.78, 5) is 0. The van der Waals surface area contributed by atoms with Crippen molar-refractivity contribution in [2.75, 3.05) is 5.43 Å². The molecule has 4 N–H and O–H groups in total. The second kappa shape index (κ2) is 7.09. The van der Waals surface area contributed by atoms with E-state index in [-0.39, 0.29) is 11.5 Å².